The predicted molar refractivity (Wildman–Crippen MR) is 108 cm³/mol. The van der Waals surface area contributed by atoms with Crippen LogP contribution in [0.5, 0.6) is 17.2 Å². The van der Waals surface area contributed by atoms with E-state index in [4.69, 9.17) is 14.2 Å². The van der Waals surface area contributed by atoms with Crippen LogP contribution in [-0.4, -0.2) is 18.7 Å². The molecule has 0 saturated carbocycles. The Labute approximate surface area is 165 Å². The molecule has 0 amide bonds. The largest absolute Gasteiger partial charge is 0.493 e. The van der Waals surface area contributed by atoms with Crippen LogP contribution < -0.4 is 19.5 Å². The van der Waals surface area contributed by atoms with Crippen LogP contribution in [0.4, 0.5) is 0 Å². The van der Waals surface area contributed by atoms with Crippen molar-refractivity contribution in [3.63, 3.8) is 0 Å². The molecule has 0 saturated heterocycles. The molecule has 1 aliphatic rings. The lowest BCUT2D eigenvalue weighted by Crippen LogP contribution is -2.26. The van der Waals surface area contributed by atoms with Crippen LogP contribution in [0.3, 0.4) is 0 Å². The summed E-state index contributed by atoms with van der Waals surface area (Å²) in [5.41, 5.74) is 3.38. The molecule has 28 heavy (non-hydrogen) atoms. The second-order valence-corrected chi connectivity index (χ2v) is 6.74. The van der Waals surface area contributed by atoms with E-state index < -0.39 is 0 Å². The molecule has 0 radical (unpaired) electrons. The Hall–Kier alpha value is -3.05. The van der Waals surface area contributed by atoms with E-state index in [1.807, 2.05) is 36.4 Å². The first-order chi connectivity index (χ1) is 13.8. The highest BCUT2D eigenvalue weighted by Gasteiger charge is 2.20. The topological polar surface area (TPSA) is 52.6 Å². The minimum absolute atomic E-state index is 0.284. The van der Waals surface area contributed by atoms with Crippen LogP contribution in [0, 0.1) is 0 Å². The smallest absolute Gasteiger partial charge is 0.161 e. The number of methoxy groups -OCH3 is 1. The summed E-state index contributed by atoms with van der Waals surface area (Å²) in [7, 11) is 1.66. The van der Waals surface area contributed by atoms with Gasteiger partial charge in [-0.15, -0.1) is 0 Å². The zero-order valence-electron chi connectivity index (χ0n) is 15.9. The number of ether oxygens (including phenoxy) is 3. The molecule has 4 rings (SSSR count). The van der Waals surface area contributed by atoms with Crippen molar-refractivity contribution in [2.24, 2.45) is 0 Å². The molecule has 144 valence electrons. The maximum Gasteiger partial charge on any atom is 0.161 e. The summed E-state index contributed by atoms with van der Waals surface area (Å²) in [4.78, 5) is 4.13. The third-order valence-corrected chi connectivity index (χ3v) is 4.86. The fourth-order valence-electron chi connectivity index (χ4n) is 3.38. The van der Waals surface area contributed by atoms with E-state index >= 15 is 0 Å². The number of pyridine rings is 1. The van der Waals surface area contributed by atoms with Gasteiger partial charge in [-0.2, -0.15) is 0 Å². The molecule has 3 aromatic rings. The quantitative estimate of drug-likeness (QED) is 0.667. The predicted octanol–water partition coefficient (Wildman–Crippen LogP) is 4.28. The standard InChI is InChI=1S/C23H24N2O3/c1-26-22-9-8-17(13-23(22)28-16-18-5-4-11-24-14-18)15-25-20-10-12-27-21-7-3-2-6-19(20)21/h2-9,11,13-14,20,25H,10,12,15-16H2,1H3. The van der Waals surface area contributed by atoms with Gasteiger partial charge in [0.25, 0.3) is 0 Å². The molecule has 1 aliphatic heterocycles. The molecule has 1 unspecified atom stereocenters. The number of para-hydroxylation sites is 1. The minimum Gasteiger partial charge on any atom is -0.493 e. The third kappa shape index (κ3) is 4.26. The Balaban J connectivity index is 1.44. The maximum atomic E-state index is 5.99. The molecule has 5 heteroatoms. The molecule has 1 N–H and O–H groups in total. The molecule has 0 fully saturated rings. The van der Waals surface area contributed by atoms with Crippen LogP contribution in [0.15, 0.2) is 67.0 Å². The van der Waals surface area contributed by atoms with Crippen molar-refractivity contribution in [2.45, 2.75) is 25.6 Å². The fraction of sp³-hybridized carbons (Fsp3) is 0.261. The second kappa shape index (κ2) is 8.76. The van der Waals surface area contributed by atoms with Crippen LogP contribution in [0.25, 0.3) is 0 Å². The van der Waals surface area contributed by atoms with Crippen molar-refractivity contribution in [3.05, 3.63) is 83.7 Å². The first-order valence-corrected chi connectivity index (χ1v) is 9.47. The lowest BCUT2D eigenvalue weighted by atomic mass is 10.0. The van der Waals surface area contributed by atoms with Gasteiger partial charge in [0.2, 0.25) is 0 Å². The van der Waals surface area contributed by atoms with Crippen molar-refractivity contribution < 1.29 is 14.2 Å². The Morgan fingerprint density at radius 1 is 1.07 bits per heavy atom. The van der Waals surface area contributed by atoms with Gasteiger partial charge in [-0.25, -0.2) is 0 Å². The highest BCUT2D eigenvalue weighted by atomic mass is 16.5. The molecule has 1 aromatic heterocycles. The molecule has 0 spiro atoms. The average Bonchev–Trinajstić information content (AvgIpc) is 2.77. The molecule has 5 nitrogen and oxygen atoms in total. The van der Waals surface area contributed by atoms with Gasteiger partial charge < -0.3 is 19.5 Å². The van der Waals surface area contributed by atoms with Crippen LogP contribution in [-0.2, 0) is 13.2 Å². The normalized spacial score (nSPS) is 15.4. The summed E-state index contributed by atoms with van der Waals surface area (Å²) in [5, 5.41) is 3.65. The average molecular weight is 376 g/mol. The van der Waals surface area contributed by atoms with E-state index in [-0.39, 0.29) is 6.04 Å². The van der Waals surface area contributed by atoms with Gasteiger partial charge in [-0.3, -0.25) is 4.98 Å². The molecular formula is C23H24N2O3. The minimum atomic E-state index is 0.284. The summed E-state index contributed by atoms with van der Waals surface area (Å²) in [6.07, 6.45) is 4.52. The summed E-state index contributed by atoms with van der Waals surface area (Å²) >= 11 is 0. The van der Waals surface area contributed by atoms with Crippen molar-refractivity contribution >= 4 is 0 Å². The molecule has 0 bridgehead atoms. The third-order valence-electron chi connectivity index (χ3n) is 4.86. The van der Waals surface area contributed by atoms with E-state index in [0.29, 0.717) is 6.61 Å². The van der Waals surface area contributed by atoms with Crippen LogP contribution >= 0.6 is 0 Å². The van der Waals surface area contributed by atoms with Gasteiger partial charge in [0, 0.05) is 42.5 Å². The van der Waals surface area contributed by atoms with Gasteiger partial charge in [0.05, 0.1) is 13.7 Å². The summed E-state index contributed by atoms with van der Waals surface area (Å²) in [6.45, 7) is 1.93. The number of fused-ring (bicyclic) bond motifs is 1. The number of aromatic nitrogens is 1. The Morgan fingerprint density at radius 2 is 2.00 bits per heavy atom. The Bertz CT molecular complexity index is 915. The highest BCUT2D eigenvalue weighted by Crippen LogP contribution is 2.33. The number of hydrogen-bond acceptors (Lipinski definition) is 5. The van der Waals surface area contributed by atoms with Crippen molar-refractivity contribution in [1.29, 1.82) is 0 Å². The van der Waals surface area contributed by atoms with Crippen molar-refractivity contribution in [2.75, 3.05) is 13.7 Å². The number of hydrogen-bond donors (Lipinski definition) is 1. The van der Waals surface area contributed by atoms with Gasteiger partial charge in [0.1, 0.15) is 12.4 Å². The zero-order valence-corrected chi connectivity index (χ0v) is 15.9. The maximum absolute atomic E-state index is 5.99. The van der Waals surface area contributed by atoms with Crippen LogP contribution in [0.1, 0.15) is 29.2 Å². The first kappa shape index (κ1) is 18.3. The van der Waals surface area contributed by atoms with E-state index in [9.17, 15) is 0 Å². The van der Waals surface area contributed by atoms with Crippen molar-refractivity contribution in [1.82, 2.24) is 10.3 Å². The van der Waals surface area contributed by atoms with E-state index in [1.165, 1.54) is 5.56 Å². The number of rotatable bonds is 7. The number of nitrogens with zero attached hydrogens (tertiary/aromatic N) is 1. The van der Waals surface area contributed by atoms with E-state index in [0.717, 1.165) is 47.9 Å². The SMILES string of the molecule is COc1ccc(CNC2CCOc3ccccc32)cc1OCc1cccnc1. The highest BCUT2D eigenvalue weighted by molar-refractivity contribution is 5.43. The molecule has 0 aliphatic carbocycles. The van der Waals surface area contributed by atoms with Gasteiger partial charge in [-0.1, -0.05) is 30.3 Å². The van der Waals surface area contributed by atoms with Crippen LogP contribution in [0.2, 0.25) is 0 Å². The molecule has 2 heterocycles. The zero-order chi connectivity index (χ0) is 19.2. The second-order valence-electron chi connectivity index (χ2n) is 6.74. The molecular weight excluding hydrogens is 352 g/mol. The van der Waals surface area contributed by atoms with Crippen molar-refractivity contribution in [3.8, 4) is 17.2 Å². The summed E-state index contributed by atoms with van der Waals surface area (Å²) < 4.78 is 17.2. The lowest BCUT2D eigenvalue weighted by Gasteiger charge is -2.27. The fourth-order valence-corrected chi connectivity index (χ4v) is 3.38. The van der Waals surface area contributed by atoms with Gasteiger partial charge in [-0.05, 0) is 29.8 Å². The number of nitrogens with one attached hydrogen (secondary N) is 1. The Morgan fingerprint density at radius 3 is 2.86 bits per heavy atom. The van der Waals surface area contributed by atoms with E-state index in [1.54, 1.807) is 19.5 Å². The summed E-state index contributed by atoms with van der Waals surface area (Å²) in [6, 6.07) is 18.5. The summed E-state index contributed by atoms with van der Waals surface area (Å²) in [5.74, 6) is 2.43. The van der Waals surface area contributed by atoms with Gasteiger partial charge in [0.15, 0.2) is 11.5 Å². The molecule has 1 atom stereocenters. The first-order valence-electron chi connectivity index (χ1n) is 9.47. The van der Waals surface area contributed by atoms with Gasteiger partial charge >= 0.3 is 0 Å². The monoisotopic (exact) mass is 376 g/mol. The Kier molecular flexibility index (Phi) is 5.73. The molecule has 2 aromatic carbocycles. The van der Waals surface area contributed by atoms with E-state index in [2.05, 4.69) is 28.5 Å². The number of benzene rings is 2. The lowest BCUT2D eigenvalue weighted by molar-refractivity contribution is 0.252.